The summed E-state index contributed by atoms with van der Waals surface area (Å²) in [6.07, 6.45) is 0. The molecule has 0 atom stereocenters. The van der Waals surface area contributed by atoms with Gasteiger partial charge in [0, 0.05) is 17.0 Å². The minimum Gasteiger partial charge on any atom is -0.497 e. The summed E-state index contributed by atoms with van der Waals surface area (Å²) in [6, 6.07) is 16.2. The summed E-state index contributed by atoms with van der Waals surface area (Å²) in [5, 5.41) is 5.81. The molecule has 2 aromatic carbocycles. The van der Waals surface area contributed by atoms with Crippen LogP contribution in [0.4, 0.5) is 5.69 Å². The molecule has 0 unspecified atom stereocenters. The van der Waals surface area contributed by atoms with E-state index in [1.807, 2.05) is 30.3 Å². The maximum Gasteiger partial charge on any atom is 0.257 e. The number of carbonyl (C=O) groups is 1. The lowest BCUT2D eigenvalue weighted by Crippen LogP contribution is -2.36. The van der Waals surface area contributed by atoms with E-state index in [0.717, 1.165) is 11.4 Å². The van der Waals surface area contributed by atoms with Crippen LogP contribution in [0.25, 0.3) is 0 Å². The van der Waals surface area contributed by atoms with Crippen LogP contribution in [0.3, 0.4) is 0 Å². The normalized spacial score (nSPS) is 11.0. The van der Waals surface area contributed by atoms with E-state index >= 15 is 0 Å². The Hall–Kier alpha value is -2.51. The van der Waals surface area contributed by atoms with Crippen molar-refractivity contribution in [3.05, 3.63) is 60.2 Å². The first kappa shape index (κ1) is 17.8. The standard InChI is InChI=1S/C17H19N3O3S/c1-23-15-9-7-14(8-10-15)19-17(18-11-12-24-22)20-16(21)13-5-3-2-4-6-13/h2-10,22H,11-12H2,1H3,(H2,18,19,20,21). The zero-order valence-electron chi connectivity index (χ0n) is 13.2. The molecule has 7 heteroatoms. The lowest BCUT2D eigenvalue weighted by molar-refractivity contribution is 0.0977. The maximum absolute atomic E-state index is 12.3. The third kappa shape index (κ3) is 5.60. The fraction of sp³-hybridized carbons (Fsp3) is 0.176. The Labute approximate surface area is 145 Å². The number of carbonyl (C=O) groups excluding carboxylic acids is 1. The lowest BCUT2D eigenvalue weighted by Gasteiger charge is -2.12. The largest absolute Gasteiger partial charge is 0.497 e. The van der Waals surface area contributed by atoms with Gasteiger partial charge in [0.2, 0.25) is 5.96 Å². The van der Waals surface area contributed by atoms with Gasteiger partial charge in [-0.2, -0.15) is 0 Å². The first-order valence-electron chi connectivity index (χ1n) is 7.31. The highest BCUT2D eigenvalue weighted by Crippen LogP contribution is 2.14. The van der Waals surface area contributed by atoms with Gasteiger partial charge in [0.25, 0.3) is 5.91 Å². The van der Waals surface area contributed by atoms with Crippen LogP contribution in [-0.4, -0.2) is 35.8 Å². The number of amides is 1. The number of methoxy groups -OCH3 is 1. The van der Waals surface area contributed by atoms with Gasteiger partial charge in [-0.15, -0.1) is 0 Å². The average Bonchev–Trinajstić information content (AvgIpc) is 2.63. The zero-order valence-corrected chi connectivity index (χ0v) is 14.0. The number of hydrogen-bond acceptors (Lipinski definition) is 5. The monoisotopic (exact) mass is 345 g/mol. The van der Waals surface area contributed by atoms with Crippen molar-refractivity contribution in [3.8, 4) is 5.75 Å². The van der Waals surface area contributed by atoms with E-state index in [1.54, 1.807) is 31.4 Å². The molecule has 0 aromatic heterocycles. The predicted octanol–water partition coefficient (Wildman–Crippen LogP) is 3.10. The van der Waals surface area contributed by atoms with Gasteiger partial charge in [0.15, 0.2) is 0 Å². The van der Waals surface area contributed by atoms with Crippen molar-refractivity contribution in [2.75, 3.05) is 24.7 Å². The number of anilines is 1. The third-order valence-corrected chi connectivity index (χ3v) is 3.44. The van der Waals surface area contributed by atoms with Crippen LogP contribution < -0.4 is 15.4 Å². The molecule has 2 aromatic rings. The zero-order chi connectivity index (χ0) is 17.2. The number of nitrogens with one attached hydrogen (secondary N) is 2. The molecule has 0 saturated carbocycles. The molecule has 0 fully saturated rings. The van der Waals surface area contributed by atoms with E-state index in [-0.39, 0.29) is 5.91 Å². The number of nitrogens with zero attached hydrogens (tertiary/aromatic N) is 1. The SMILES string of the molecule is COc1ccc(NC(=NCCSO)NC(=O)c2ccccc2)cc1. The first-order chi connectivity index (χ1) is 11.7. The summed E-state index contributed by atoms with van der Waals surface area (Å²) in [7, 11) is 1.60. The van der Waals surface area contributed by atoms with Crippen LogP contribution in [0.5, 0.6) is 5.75 Å². The smallest absolute Gasteiger partial charge is 0.257 e. The Morgan fingerprint density at radius 3 is 2.50 bits per heavy atom. The van der Waals surface area contributed by atoms with Crippen LogP contribution in [0.2, 0.25) is 0 Å². The summed E-state index contributed by atoms with van der Waals surface area (Å²) in [6.45, 7) is 0.370. The predicted molar refractivity (Wildman–Crippen MR) is 97.9 cm³/mol. The van der Waals surface area contributed by atoms with E-state index in [1.165, 1.54) is 0 Å². The number of rotatable bonds is 6. The molecular formula is C17H19N3O3S. The molecular weight excluding hydrogens is 326 g/mol. The average molecular weight is 345 g/mol. The minimum absolute atomic E-state index is 0.257. The molecule has 0 aliphatic carbocycles. The summed E-state index contributed by atoms with van der Waals surface area (Å²) < 4.78 is 13.9. The molecule has 0 heterocycles. The van der Waals surface area contributed by atoms with Crippen molar-refractivity contribution in [3.63, 3.8) is 0 Å². The highest BCUT2D eigenvalue weighted by molar-refractivity contribution is 7.93. The summed E-state index contributed by atoms with van der Waals surface area (Å²) >= 11 is 0.706. The van der Waals surface area contributed by atoms with Crippen molar-refractivity contribution < 1.29 is 14.1 Å². The Morgan fingerprint density at radius 1 is 1.17 bits per heavy atom. The Bertz CT molecular complexity index is 675. The van der Waals surface area contributed by atoms with Gasteiger partial charge in [-0.1, -0.05) is 18.2 Å². The molecule has 0 bridgehead atoms. The van der Waals surface area contributed by atoms with E-state index in [2.05, 4.69) is 15.6 Å². The number of aliphatic imine (C=N–C) groups is 1. The van der Waals surface area contributed by atoms with E-state index in [4.69, 9.17) is 9.29 Å². The molecule has 0 saturated heterocycles. The van der Waals surface area contributed by atoms with E-state index in [9.17, 15) is 4.79 Å². The summed E-state index contributed by atoms with van der Waals surface area (Å²) in [5.41, 5.74) is 1.30. The van der Waals surface area contributed by atoms with Crippen LogP contribution >= 0.6 is 12.0 Å². The fourth-order valence-electron chi connectivity index (χ4n) is 1.89. The Morgan fingerprint density at radius 2 is 1.88 bits per heavy atom. The molecule has 2 rings (SSSR count). The number of ether oxygens (including phenoxy) is 1. The molecule has 0 aliphatic rings. The van der Waals surface area contributed by atoms with Crippen LogP contribution in [0, 0.1) is 0 Å². The second-order valence-corrected chi connectivity index (χ2v) is 5.40. The molecule has 24 heavy (non-hydrogen) atoms. The number of guanidine groups is 1. The topological polar surface area (TPSA) is 82.9 Å². The summed E-state index contributed by atoms with van der Waals surface area (Å²) in [4.78, 5) is 16.6. The van der Waals surface area contributed by atoms with Gasteiger partial charge in [-0.3, -0.25) is 15.1 Å². The molecule has 0 spiro atoms. The quantitative estimate of drug-likeness (QED) is 0.324. The van der Waals surface area contributed by atoms with Crippen molar-refractivity contribution in [1.29, 1.82) is 0 Å². The Kier molecular flexibility index (Phi) is 7.13. The van der Waals surface area contributed by atoms with Crippen molar-refractivity contribution in [2.45, 2.75) is 0 Å². The van der Waals surface area contributed by atoms with Gasteiger partial charge in [0.05, 0.1) is 13.7 Å². The summed E-state index contributed by atoms with van der Waals surface area (Å²) in [5.74, 6) is 1.24. The van der Waals surface area contributed by atoms with Gasteiger partial charge in [-0.05, 0) is 48.4 Å². The second-order valence-electron chi connectivity index (χ2n) is 4.74. The van der Waals surface area contributed by atoms with Gasteiger partial charge in [0.1, 0.15) is 5.75 Å². The highest BCUT2D eigenvalue weighted by Gasteiger charge is 2.09. The van der Waals surface area contributed by atoms with Crippen molar-refractivity contribution in [1.82, 2.24) is 5.32 Å². The Balaban J connectivity index is 2.08. The third-order valence-electron chi connectivity index (χ3n) is 3.07. The van der Waals surface area contributed by atoms with E-state index < -0.39 is 0 Å². The van der Waals surface area contributed by atoms with Gasteiger partial charge < -0.3 is 14.6 Å². The van der Waals surface area contributed by atoms with Crippen LogP contribution in [0.1, 0.15) is 10.4 Å². The highest BCUT2D eigenvalue weighted by atomic mass is 32.2. The molecule has 3 N–H and O–H groups in total. The molecule has 1 amide bonds. The molecule has 126 valence electrons. The minimum atomic E-state index is -0.257. The maximum atomic E-state index is 12.3. The lowest BCUT2D eigenvalue weighted by atomic mass is 10.2. The van der Waals surface area contributed by atoms with E-state index in [0.29, 0.717) is 35.9 Å². The first-order valence-corrected chi connectivity index (χ1v) is 8.25. The van der Waals surface area contributed by atoms with Gasteiger partial charge >= 0.3 is 0 Å². The van der Waals surface area contributed by atoms with Crippen LogP contribution in [-0.2, 0) is 0 Å². The van der Waals surface area contributed by atoms with Crippen LogP contribution in [0.15, 0.2) is 59.6 Å². The number of hydrogen-bond donors (Lipinski definition) is 3. The second kappa shape index (κ2) is 9.59. The van der Waals surface area contributed by atoms with Gasteiger partial charge in [-0.25, -0.2) is 0 Å². The number of benzene rings is 2. The van der Waals surface area contributed by atoms with Crippen molar-refractivity contribution in [2.24, 2.45) is 4.99 Å². The molecule has 6 nitrogen and oxygen atoms in total. The fourth-order valence-corrected chi connectivity index (χ4v) is 2.06. The molecule has 0 aliphatic heterocycles. The molecule has 0 radical (unpaired) electrons. The van der Waals surface area contributed by atoms with Crippen molar-refractivity contribution >= 4 is 29.6 Å².